The van der Waals surface area contributed by atoms with Crippen LogP contribution in [0.2, 0.25) is 0 Å². The fourth-order valence-corrected chi connectivity index (χ4v) is 3.31. The minimum absolute atomic E-state index is 0.285. The van der Waals surface area contributed by atoms with Crippen molar-refractivity contribution in [2.75, 3.05) is 13.2 Å². The summed E-state index contributed by atoms with van der Waals surface area (Å²) in [5.41, 5.74) is 2.52. The SMILES string of the molecule is CCNC(=O)n1ncc2cc(Oc3ccnn4cc(C(=O)OCC)c(C)c34)ccc21. The second-order valence-electron chi connectivity index (χ2n) is 6.59. The Morgan fingerprint density at radius 3 is 2.77 bits per heavy atom. The van der Waals surface area contributed by atoms with Gasteiger partial charge in [-0.25, -0.2) is 14.1 Å². The Morgan fingerprint density at radius 2 is 2.00 bits per heavy atom. The lowest BCUT2D eigenvalue weighted by Crippen LogP contribution is -2.28. The number of hydrogen-bond acceptors (Lipinski definition) is 6. The third-order valence-electron chi connectivity index (χ3n) is 4.67. The molecule has 0 aliphatic heterocycles. The summed E-state index contributed by atoms with van der Waals surface area (Å²) in [7, 11) is 0. The quantitative estimate of drug-likeness (QED) is 0.508. The molecule has 0 bridgehead atoms. The van der Waals surface area contributed by atoms with Crippen molar-refractivity contribution in [3.63, 3.8) is 0 Å². The third-order valence-corrected chi connectivity index (χ3v) is 4.67. The van der Waals surface area contributed by atoms with E-state index in [0.717, 1.165) is 10.9 Å². The molecule has 9 heteroatoms. The normalized spacial score (nSPS) is 11.0. The Kier molecular flexibility index (Phi) is 5.09. The van der Waals surface area contributed by atoms with Crippen molar-refractivity contribution >= 4 is 28.4 Å². The summed E-state index contributed by atoms with van der Waals surface area (Å²) in [6.45, 7) is 6.26. The van der Waals surface area contributed by atoms with E-state index in [-0.39, 0.29) is 6.03 Å². The van der Waals surface area contributed by atoms with Gasteiger partial charge in [-0.1, -0.05) is 0 Å². The van der Waals surface area contributed by atoms with Crippen molar-refractivity contribution in [1.82, 2.24) is 24.7 Å². The zero-order chi connectivity index (χ0) is 21.3. The van der Waals surface area contributed by atoms with Crippen LogP contribution in [0.4, 0.5) is 4.79 Å². The van der Waals surface area contributed by atoms with Gasteiger partial charge < -0.3 is 14.8 Å². The molecule has 0 unspecified atom stereocenters. The van der Waals surface area contributed by atoms with E-state index in [4.69, 9.17) is 9.47 Å². The number of fused-ring (bicyclic) bond motifs is 2. The largest absolute Gasteiger partial charge is 0.462 e. The summed E-state index contributed by atoms with van der Waals surface area (Å²) in [5.74, 6) is 0.725. The summed E-state index contributed by atoms with van der Waals surface area (Å²) < 4.78 is 14.1. The van der Waals surface area contributed by atoms with Gasteiger partial charge >= 0.3 is 12.0 Å². The van der Waals surface area contributed by atoms with Gasteiger partial charge in [0.1, 0.15) is 11.3 Å². The topological polar surface area (TPSA) is 99.8 Å². The van der Waals surface area contributed by atoms with Gasteiger partial charge in [0.05, 0.1) is 30.1 Å². The number of hydrogen-bond donors (Lipinski definition) is 1. The minimum atomic E-state index is -0.398. The second-order valence-corrected chi connectivity index (χ2v) is 6.59. The number of aryl methyl sites for hydroxylation is 1. The molecule has 1 amide bonds. The maximum Gasteiger partial charge on any atom is 0.342 e. The van der Waals surface area contributed by atoms with E-state index in [2.05, 4.69) is 15.5 Å². The van der Waals surface area contributed by atoms with Crippen molar-refractivity contribution in [3.05, 3.63) is 54.0 Å². The molecule has 0 saturated carbocycles. The van der Waals surface area contributed by atoms with Crippen LogP contribution < -0.4 is 10.1 Å². The van der Waals surface area contributed by atoms with Gasteiger partial charge in [-0.05, 0) is 44.5 Å². The molecule has 0 saturated heterocycles. The molecule has 4 aromatic rings. The number of amides is 1. The van der Waals surface area contributed by atoms with Crippen LogP contribution in [0.15, 0.2) is 42.9 Å². The molecule has 0 aliphatic carbocycles. The van der Waals surface area contributed by atoms with Crippen LogP contribution in [0.5, 0.6) is 11.5 Å². The average Bonchev–Trinajstić information content (AvgIpc) is 3.30. The van der Waals surface area contributed by atoms with Crippen molar-refractivity contribution in [3.8, 4) is 11.5 Å². The maximum absolute atomic E-state index is 12.2. The number of esters is 1. The lowest BCUT2D eigenvalue weighted by atomic mass is 10.2. The van der Waals surface area contributed by atoms with Crippen LogP contribution in [0, 0.1) is 6.92 Å². The van der Waals surface area contributed by atoms with Crippen molar-refractivity contribution in [2.24, 2.45) is 0 Å². The van der Waals surface area contributed by atoms with Crippen molar-refractivity contribution in [1.29, 1.82) is 0 Å². The van der Waals surface area contributed by atoms with Gasteiger partial charge in [-0.2, -0.15) is 14.9 Å². The number of aromatic nitrogens is 4. The van der Waals surface area contributed by atoms with Crippen LogP contribution in [0.1, 0.15) is 29.8 Å². The number of nitrogens with zero attached hydrogens (tertiary/aromatic N) is 4. The van der Waals surface area contributed by atoms with Crippen LogP contribution in [-0.4, -0.2) is 44.5 Å². The van der Waals surface area contributed by atoms with Gasteiger partial charge in [-0.3, -0.25) is 0 Å². The van der Waals surface area contributed by atoms with Crippen molar-refractivity contribution < 1.29 is 19.1 Å². The van der Waals surface area contributed by atoms with Gasteiger partial charge in [0.25, 0.3) is 0 Å². The molecule has 0 aliphatic rings. The van der Waals surface area contributed by atoms with Crippen LogP contribution in [0.25, 0.3) is 16.4 Å². The van der Waals surface area contributed by atoms with Crippen molar-refractivity contribution in [2.45, 2.75) is 20.8 Å². The highest BCUT2D eigenvalue weighted by atomic mass is 16.5. The van der Waals surface area contributed by atoms with Gasteiger partial charge in [-0.15, -0.1) is 0 Å². The molecule has 1 N–H and O–H groups in total. The third kappa shape index (κ3) is 3.34. The molecule has 3 heterocycles. The Bertz CT molecular complexity index is 1260. The molecular weight excluding hydrogens is 386 g/mol. The number of rotatable bonds is 5. The lowest BCUT2D eigenvalue weighted by molar-refractivity contribution is 0.0525. The fraction of sp³-hybridized carbons (Fsp3) is 0.238. The Hall–Kier alpha value is -3.88. The average molecular weight is 407 g/mol. The van der Waals surface area contributed by atoms with Gasteiger partial charge in [0.15, 0.2) is 5.75 Å². The number of carbonyl (C=O) groups excluding carboxylic acids is 2. The second kappa shape index (κ2) is 7.86. The summed E-state index contributed by atoms with van der Waals surface area (Å²) >= 11 is 0. The van der Waals surface area contributed by atoms with Crippen LogP contribution >= 0.6 is 0 Å². The van der Waals surface area contributed by atoms with Gasteiger partial charge in [0.2, 0.25) is 0 Å². The van der Waals surface area contributed by atoms with E-state index < -0.39 is 5.97 Å². The molecule has 0 spiro atoms. The Balaban J connectivity index is 1.69. The molecular formula is C21H21N5O4. The molecule has 0 radical (unpaired) electrons. The van der Waals surface area contributed by atoms with Crippen LogP contribution in [0.3, 0.4) is 0 Å². The summed E-state index contributed by atoms with van der Waals surface area (Å²) in [6, 6.07) is 6.80. The van der Waals surface area contributed by atoms with E-state index in [1.54, 1.807) is 54.3 Å². The van der Waals surface area contributed by atoms with E-state index in [1.807, 2.05) is 13.8 Å². The first-order valence-corrected chi connectivity index (χ1v) is 9.61. The molecule has 30 heavy (non-hydrogen) atoms. The minimum Gasteiger partial charge on any atom is -0.462 e. The highest BCUT2D eigenvalue weighted by Crippen LogP contribution is 2.31. The standard InChI is InChI=1S/C21H21N5O4/c1-4-22-21(28)26-17-7-6-15(10-14(17)11-24-26)30-18-8-9-23-25-12-16(13(3)19(18)25)20(27)29-5-2/h6-12H,4-5H2,1-3H3,(H,22,28). The summed E-state index contributed by atoms with van der Waals surface area (Å²) in [5, 5.41) is 11.9. The van der Waals surface area contributed by atoms with E-state index >= 15 is 0 Å². The predicted molar refractivity (Wildman–Crippen MR) is 110 cm³/mol. The van der Waals surface area contributed by atoms with Gasteiger partial charge in [0, 0.05) is 24.2 Å². The summed E-state index contributed by atoms with van der Waals surface area (Å²) in [6.07, 6.45) is 4.85. The fourth-order valence-electron chi connectivity index (χ4n) is 3.31. The zero-order valence-corrected chi connectivity index (χ0v) is 16.9. The molecule has 3 aromatic heterocycles. The lowest BCUT2D eigenvalue weighted by Gasteiger charge is -2.09. The number of ether oxygens (including phenoxy) is 2. The molecule has 4 rings (SSSR count). The maximum atomic E-state index is 12.2. The number of benzene rings is 1. The molecule has 0 atom stereocenters. The van der Waals surface area contributed by atoms with E-state index in [1.165, 1.54) is 4.68 Å². The smallest absolute Gasteiger partial charge is 0.342 e. The number of carbonyl (C=O) groups is 2. The predicted octanol–water partition coefficient (Wildman–Crippen LogP) is 3.54. The van der Waals surface area contributed by atoms with E-state index in [0.29, 0.717) is 41.2 Å². The molecule has 1 aromatic carbocycles. The zero-order valence-electron chi connectivity index (χ0n) is 16.9. The monoisotopic (exact) mass is 407 g/mol. The number of nitrogens with one attached hydrogen (secondary N) is 1. The van der Waals surface area contributed by atoms with Crippen LogP contribution in [-0.2, 0) is 4.74 Å². The molecule has 154 valence electrons. The Labute approximate surface area is 172 Å². The molecule has 0 fully saturated rings. The van der Waals surface area contributed by atoms with E-state index in [9.17, 15) is 9.59 Å². The molecule has 9 nitrogen and oxygen atoms in total. The first-order chi connectivity index (χ1) is 14.5. The first kappa shape index (κ1) is 19.4. The highest BCUT2D eigenvalue weighted by Gasteiger charge is 2.19. The Morgan fingerprint density at radius 1 is 1.17 bits per heavy atom. The summed E-state index contributed by atoms with van der Waals surface area (Å²) in [4.78, 5) is 24.3. The highest BCUT2D eigenvalue weighted by molar-refractivity contribution is 5.94. The first-order valence-electron chi connectivity index (χ1n) is 9.61.